The fourth-order valence-electron chi connectivity index (χ4n) is 25.0. The second-order valence-corrected chi connectivity index (χ2v) is 41.6. The van der Waals surface area contributed by atoms with Gasteiger partial charge in [0, 0.05) is 22.3 Å². The molecule has 8 aromatic rings. The average molecular weight is 2020 g/mol. The summed E-state index contributed by atoms with van der Waals surface area (Å²) in [5.41, 5.74) is 2.44. The van der Waals surface area contributed by atoms with Gasteiger partial charge in [-0.3, -0.25) is 0 Å². The predicted octanol–water partition coefficient (Wildman–Crippen LogP) is 39.0. The number of halogens is 24. The number of unbranched alkanes of at least 4 members (excludes halogenated alkanes) is 3. The minimum Gasteiger partial charge on any atom is -0.399 e. The van der Waals surface area contributed by atoms with Crippen molar-refractivity contribution >= 4 is 0 Å². The zero-order chi connectivity index (χ0) is 102. The molecular weight excluding hydrogens is 1890 g/mol. The van der Waals surface area contributed by atoms with E-state index in [4.69, 9.17) is 0 Å². The molecule has 28 heteroatoms. The topological polar surface area (TPSA) is 36.9 Å². The number of benzene rings is 8. The quantitative estimate of drug-likeness (QED) is 0.0400. The normalized spacial score (nSPS) is 25.3. The van der Waals surface area contributed by atoms with Gasteiger partial charge < -0.3 is 18.9 Å². The first-order valence-corrected chi connectivity index (χ1v) is 51.8. The van der Waals surface area contributed by atoms with Gasteiger partial charge in [0.2, 0.25) is 23.0 Å². The molecule has 0 spiro atoms. The summed E-state index contributed by atoms with van der Waals surface area (Å²) in [4.78, 5) is 0. The van der Waals surface area contributed by atoms with Crippen molar-refractivity contribution in [1.82, 2.24) is 0 Å². The molecule has 0 radical (unpaired) electrons. The van der Waals surface area contributed by atoms with Gasteiger partial charge in [-0.1, -0.05) is 192 Å². The fourth-order valence-corrected chi connectivity index (χ4v) is 25.0. The lowest BCUT2D eigenvalue weighted by molar-refractivity contribution is -0.277. The highest BCUT2D eigenvalue weighted by molar-refractivity contribution is 5.69. The summed E-state index contributed by atoms with van der Waals surface area (Å²) in [5.74, 6) is -10.4. The molecule has 0 saturated heterocycles. The largest absolute Gasteiger partial charge is 0.573 e. The first-order chi connectivity index (χ1) is 67.6. The van der Waals surface area contributed by atoms with Crippen LogP contribution in [0.15, 0.2) is 121 Å². The summed E-state index contributed by atoms with van der Waals surface area (Å²) in [7, 11) is 0. The van der Waals surface area contributed by atoms with Crippen molar-refractivity contribution in [2.75, 3.05) is 0 Å². The van der Waals surface area contributed by atoms with Crippen molar-refractivity contribution in [3.8, 4) is 67.5 Å². The Labute approximate surface area is 818 Å². The molecule has 8 fully saturated rings. The van der Waals surface area contributed by atoms with Gasteiger partial charge in [0.15, 0.2) is 46.5 Å². The van der Waals surface area contributed by atoms with Gasteiger partial charge in [-0.15, -0.1) is 52.7 Å². The van der Waals surface area contributed by atoms with Crippen molar-refractivity contribution < 1.29 is 124 Å². The van der Waals surface area contributed by atoms with E-state index in [1.54, 1.807) is 24.3 Å². The minimum atomic E-state index is -5.23. The smallest absolute Gasteiger partial charge is 0.399 e. The van der Waals surface area contributed by atoms with E-state index < -0.39 is 118 Å². The lowest BCUT2D eigenvalue weighted by atomic mass is 9.68. The van der Waals surface area contributed by atoms with Gasteiger partial charge in [-0.25, -0.2) is 52.7 Å². The van der Waals surface area contributed by atoms with E-state index in [9.17, 15) is 105 Å². The molecular formula is C114H132F24O4. The van der Waals surface area contributed by atoms with Gasteiger partial charge in [-0.05, 0) is 366 Å². The molecule has 780 valence electrons. The van der Waals surface area contributed by atoms with Crippen LogP contribution in [0.25, 0.3) is 44.5 Å². The van der Waals surface area contributed by atoms with Crippen LogP contribution in [0.1, 0.15) is 343 Å². The maximum atomic E-state index is 15.0. The Bertz CT molecular complexity index is 5260. The predicted molar refractivity (Wildman–Crippen MR) is 503 cm³/mol. The zero-order valence-corrected chi connectivity index (χ0v) is 81.2. The Kier molecular flexibility index (Phi) is 39.0. The SMILES string of the molecule is CCC1CCC(C2CCC(c3ccc(-c4cc(F)c(OC(F)(F)F)c(F)c4)c(F)c3)CC2)CC1.CCCC1CCC(C2CCC(c3ccc(-c4cc(F)c(OC(F)(F)F)c(F)c4)c(F)c3)CC2)CC1.CCCCC1CCC(C2CCC(c3ccc(-c4cc(F)c(OC(F)(F)F)c(F)c4)c(F)c3)CC2)CC1.CCCCCC1CCC(C2CCC(c3ccc(-c4cc(F)c(OC(F)(F)F)c(F)c4)c(F)c3)CC2)CC1. The van der Waals surface area contributed by atoms with Crippen LogP contribution >= 0.6 is 0 Å². The van der Waals surface area contributed by atoms with Gasteiger partial charge in [0.25, 0.3) is 0 Å². The summed E-state index contributed by atoms with van der Waals surface area (Å²) < 4.78 is 335. The van der Waals surface area contributed by atoms with E-state index in [1.807, 2.05) is 0 Å². The summed E-state index contributed by atoms with van der Waals surface area (Å²) in [6.07, 6.45) is 30.6. The summed E-state index contributed by atoms with van der Waals surface area (Å²) in [6, 6.07) is 23.7. The van der Waals surface area contributed by atoms with Gasteiger partial charge in [-0.2, -0.15) is 0 Å². The molecule has 0 aromatic heterocycles. The van der Waals surface area contributed by atoms with Crippen molar-refractivity contribution in [3.05, 3.63) is 213 Å². The van der Waals surface area contributed by atoms with E-state index >= 15 is 0 Å². The third-order valence-electron chi connectivity index (χ3n) is 32.7. The van der Waals surface area contributed by atoms with Crippen LogP contribution in [0.4, 0.5) is 105 Å². The van der Waals surface area contributed by atoms with Crippen LogP contribution < -0.4 is 18.9 Å². The molecule has 8 aliphatic carbocycles. The van der Waals surface area contributed by atoms with Gasteiger partial charge in [0.1, 0.15) is 23.3 Å². The lowest BCUT2D eigenvalue weighted by Gasteiger charge is -2.38. The molecule has 0 unspecified atom stereocenters. The van der Waals surface area contributed by atoms with Crippen molar-refractivity contribution in [2.24, 2.45) is 71.0 Å². The van der Waals surface area contributed by atoms with Crippen molar-refractivity contribution in [3.63, 3.8) is 0 Å². The van der Waals surface area contributed by atoms with E-state index in [0.717, 1.165) is 196 Å². The maximum absolute atomic E-state index is 15.0. The molecule has 8 saturated carbocycles. The number of rotatable bonds is 26. The third-order valence-corrected chi connectivity index (χ3v) is 32.7. The Morgan fingerprint density at radius 2 is 0.394 bits per heavy atom. The molecule has 0 N–H and O–H groups in total. The van der Waals surface area contributed by atoms with E-state index in [-0.39, 0.29) is 68.2 Å². The monoisotopic (exact) mass is 2020 g/mol. The first kappa shape index (κ1) is 110. The average Bonchev–Trinajstić information content (AvgIpc) is 0.805. The Balaban J connectivity index is 0.000000159. The number of alkyl halides is 12. The van der Waals surface area contributed by atoms with Crippen LogP contribution in [0.5, 0.6) is 23.0 Å². The highest BCUT2D eigenvalue weighted by Gasteiger charge is 2.42. The Morgan fingerprint density at radius 1 is 0.204 bits per heavy atom. The number of hydrogen-bond donors (Lipinski definition) is 0. The fraction of sp³-hybridized carbons (Fsp3) is 0.579. The molecule has 8 aliphatic rings. The molecule has 0 atom stereocenters. The number of ether oxygens (including phenoxy) is 4. The summed E-state index contributed by atoms with van der Waals surface area (Å²) in [6.45, 7) is 9.02. The molecule has 16 rings (SSSR count). The van der Waals surface area contributed by atoms with Crippen LogP contribution in [0.2, 0.25) is 0 Å². The minimum absolute atomic E-state index is 0.0653. The Morgan fingerprint density at radius 3 is 0.577 bits per heavy atom. The van der Waals surface area contributed by atoms with Crippen molar-refractivity contribution in [1.29, 1.82) is 0 Å². The highest BCUT2D eigenvalue weighted by Crippen LogP contribution is 2.53. The second-order valence-electron chi connectivity index (χ2n) is 41.6. The zero-order valence-electron chi connectivity index (χ0n) is 81.2. The molecule has 142 heavy (non-hydrogen) atoms. The summed E-state index contributed by atoms with van der Waals surface area (Å²) in [5, 5.41) is 0. The van der Waals surface area contributed by atoms with Crippen LogP contribution in [0.3, 0.4) is 0 Å². The molecule has 4 nitrogen and oxygen atoms in total. The lowest BCUT2D eigenvalue weighted by Crippen LogP contribution is -2.25. The van der Waals surface area contributed by atoms with E-state index in [0.29, 0.717) is 48.5 Å². The van der Waals surface area contributed by atoms with Gasteiger partial charge in [0.05, 0.1) is 0 Å². The molecule has 0 amide bonds. The van der Waals surface area contributed by atoms with E-state index in [1.165, 1.54) is 215 Å². The second kappa shape index (κ2) is 50.1. The van der Waals surface area contributed by atoms with Crippen LogP contribution in [0, 0.1) is 141 Å². The first-order valence-electron chi connectivity index (χ1n) is 51.8. The van der Waals surface area contributed by atoms with Crippen LogP contribution in [-0.4, -0.2) is 25.4 Å². The maximum Gasteiger partial charge on any atom is 0.573 e. The molecule has 8 aromatic carbocycles. The molecule has 0 aliphatic heterocycles. The highest BCUT2D eigenvalue weighted by atomic mass is 19.4. The standard InChI is InChI=1S/C30H36F6O.C29H34F6O.C28H32F6O.C27H30F6O/c1-2-3-4-5-19-6-8-20(9-7-19)21-10-12-22(13-11-21)23-14-15-25(26(31)16-23)24-17-27(32)29(28(33)18-24)37-30(34,35)36;1-2-3-4-18-5-7-19(8-6-18)20-9-11-21(12-10-20)22-13-14-24(25(30)15-22)23-16-26(31)28(27(32)17-23)36-29(33,34)35;1-2-3-17-4-6-18(7-5-17)19-8-10-20(11-9-19)21-12-13-23(24(29)14-21)22-15-25(30)27(26(31)16-22)35-28(32,33)34;1-2-16-3-5-17(6-4-16)18-7-9-19(10-8-18)20-11-12-22(23(28)13-20)21-14-24(29)26(25(30)15-21)34-27(31,32)33/h14-22H,2-13H2,1H3;13-21H,2-12H2,1H3;12-20H,2-11H2,1H3;11-19H,2-10H2,1H3. The third kappa shape index (κ3) is 30.7. The van der Waals surface area contributed by atoms with E-state index in [2.05, 4.69) is 46.6 Å². The number of hydrogen-bond acceptors (Lipinski definition) is 4. The van der Waals surface area contributed by atoms with Crippen LogP contribution in [-0.2, 0) is 0 Å². The molecule has 0 heterocycles. The Hall–Kier alpha value is -8.72. The van der Waals surface area contributed by atoms with Gasteiger partial charge >= 0.3 is 25.4 Å². The molecule has 0 bridgehead atoms. The summed E-state index contributed by atoms with van der Waals surface area (Å²) >= 11 is 0. The van der Waals surface area contributed by atoms with Crippen molar-refractivity contribution in [2.45, 2.75) is 346 Å².